The molecule has 0 fully saturated rings. The Bertz CT molecular complexity index is 548. The molecule has 0 aliphatic heterocycles. The molecule has 0 heterocycles. The van der Waals surface area contributed by atoms with Gasteiger partial charge in [-0.25, -0.2) is 4.39 Å². The minimum absolute atomic E-state index is 0.160. The molecule has 2 rings (SSSR count). The summed E-state index contributed by atoms with van der Waals surface area (Å²) in [5.41, 5.74) is 3.65. The van der Waals surface area contributed by atoms with Gasteiger partial charge in [-0.15, -0.1) is 0 Å². The monoisotopic (exact) mass is 285 g/mol. The van der Waals surface area contributed by atoms with Gasteiger partial charge in [0.15, 0.2) is 0 Å². The Labute approximate surface area is 127 Å². The zero-order valence-electron chi connectivity index (χ0n) is 12.9. The first kappa shape index (κ1) is 15.7. The molecule has 0 bridgehead atoms. The van der Waals surface area contributed by atoms with Crippen molar-refractivity contribution >= 4 is 0 Å². The summed E-state index contributed by atoms with van der Waals surface area (Å²) >= 11 is 0. The number of hydrogen-bond donors (Lipinski definition) is 1. The second-order valence-corrected chi connectivity index (χ2v) is 5.44. The lowest BCUT2D eigenvalue weighted by Crippen LogP contribution is -2.24. The van der Waals surface area contributed by atoms with Gasteiger partial charge in [0, 0.05) is 6.04 Å². The summed E-state index contributed by atoms with van der Waals surface area (Å²) in [4.78, 5) is 0. The van der Waals surface area contributed by atoms with Gasteiger partial charge in [0.05, 0.1) is 0 Å². The Kier molecular flexibility index (Phi) is 5.94. The first-order valence-corrected chi connectivity index (χ1v) is 7.79. The summed E-state index contributed by atoms with van der Waals surface area (Å²) in [6, 6.07) is 15.8. The molecule has 0 amide bonds. The van der Waals surface area contributed by atoms with Crippen molar-refractivity contribution in [2.45, 2.75) is 39.2 Å². The fourth-order valence-electron chi connectivity index (χ4n) is 2.50. The van der Waals surface area contributed by atoms with Crippen LogP contribution in [-0.2, 0) is 12.8 Å². The van der Waals surface area contributed by atoms with E-state index in [0.717, 1.165) is 31.4 Å². The normalized spacial score (nSPS) is 12.3. The summed E-state index contributed by atoms with van der Waals surface area (Å²) in [5.74, 6) is -0.169. The molecule has 0 spiro atoms. The largest absolute Gasteiger partial charge is 0.310 e. The van der Waals surface area contributed by atoms with E-state index in [9.17, 15) is 4.39 Å². The zero-order chi connectivity index (χ0) is 15.1. The molecular weight excluding hydrogens is 261 g/mol. The molecule has 112 valence electrons. The minimum Gasteiger partial charge on any atom is -0.310 e. The molecule has 0 radical (unpaired) electrons. The Hall–Kier alpha value is -1.67. The lowest BCUT2D eigenvalue weighted by molar-refractivity contribution is 0.524. The molecule has 2 aromatic carbocycles. The molecule has 0 saturated heterocycles. The quantitative estimate of drug-likeness (QED) is 0.779. The van der Waals surface area contributed by atoms with E-state index in [1.165, 1.54) is 17.2 Å². The van der Waals surface area contributed by atoms with Crippen molar-refractivity contribution < 1.29 is 4.39 Å². The third-order valence-corrected chi connectivity index (χ3v) is 3.76. The topological polar surface area (TPSA) is 12.0 Å². The molecule has 0 saturated carbocycles. The van der Waals surface area contributed by atoms with E-state index in [4.69, 9.17) is 0 Å². The van der Waals surface area contributed by atoms with E-state index >= 15 is 0 Å². The Morgan fingerprint density at radius 1 is 1.00 bits per heavy atom. The predicted molar refractivity (Wildman–Crippen MR) is 87.0 cm³/mol. The smallest absolute Gasteiger partial charge is 0.123 e. The standard InChI is InChI=1S/C19H24FN/c1-3-12-21-19(17-6-5-7-18(20)14-17)13-16-10-8-15(4-2)9-11-16/h5-11,14,19,21H,3-4,12-13H2,1-2H3. The molecule has 1 unspecified atom stereocenters. The number of aryl methyl sites for hydroxylation is 1. The van der Waals surface area contributed by atoms with Crippen LogP contribution in [0.5, 0.6) is 0 Å². The minimum atomic E-state index is -0.169. The molecular formula is C19H24FN. The van der Waals surface area contributed by atoms with Crippen LogP contribution in [-0.4, -0.2) is 6.54 Å². The van der Waals surface area contributed by atoms with Crippen LogP contribution in [0.25, 0.3) is 0 Å². The molecule has 2 heteroatoms. The fraction of sp³-hybridized carbons (Fsp3) is 0.368. The fourth-order valence-corrected chi connectivity index (χ4v) is 2.50. The number of rotatable bonds is 7. The summed E-state index contributed by atoms with van der Waals surface area (Å²) in [6.07, 6.45) is 3.01. The lowest BCUT2D eigenvalue weighted by atomic mass is 9.97. The zero-order valence-corrected chi connectivity index (χ0v) is 12.9. The van der Waals surface area contributed by atoms with Crippen molar-refractivity contribution in [3.8, 4) is 0 Å². The average Bonchev–Trinajstić information content (AvgIpc) is 2.52. The number of halogens is 1. The van der Waals surface area contributed by atoms with Gasteiger partial charge < -0.3 is 5.32 Å². The van der Waals surface area contributed by atoms with Crippen LogP contribution in [0, 0.1) is 5.82 Å². The summed E-state index contributed by atoms with van der Waals surface area (Å²) in [7, 11) is 0. The van der Waals surface area contributed by atoms with Crippen LogP contribution in [0.3, 0.4) is 0 Å². The first-order chi connectivity index (χ1) is 10.2. The Morgan fingerprint density at radius 3 is 2.33 bits per heavy atom. The van der Waals surface area contributed by atoms with Crippen molar-refractivity contribution in [3.63, 3.8) is 0 Å². The number of benzene rings is 2. The van der Waals surface area contributed by atoms with E-state index in [1.54, 1.807) is 12.1 Å². The highest BCUT2D eigenvalue weighted by molar-refractivity contribution is 5.27. The van der Waals surface area contributed by atoms with E-state index in [-0.39, 0.29) is 11.9 Å². The van der Waals surface area contributed by atoms with Gasteiger partial charge in [-0.3, -0.25) is 0 Å². The highest BCUT2D eigenvalue weighted by Gasteiger charge is 2.12. The van der Waals surface area contributed by atoms with Gasteiger partial charge in [-0.2, -0.15) is 0 Å². The van der Waals surface area contributed by atoms with E-state index in [1.807, 2.05) is 6.07 Å². The molecule has 0 aliphatic rings. The molecule has 0 aromatic heterocycles. The Morgan fingerprint density at radius 2 is 1.71 bits per heavy atom. The van der Waals surface area contributed by atoms with Crippen molar-refractivity contribution in [1.29, 1.82) is 0 Å². The maximum Gasteiger partial charge on any atom is 0.123 e. The third-order valence-electron chi connectivity index (χ3n) is 3.76. The van der Waals surface area contributed by atoms with Crippen molar-refractivity contribution in [2.24, 2.45) is 0 Å². The molecule has 21 heavy (non-hydrogen) atoms. The number of nitrogens with one attached hydrogen (secondary N) is 1. The van der Waals surface area contributed by atoms with Crippen LogP contribution in [0.2, 0.25) is 0 Å². The van der Waals surface area contributed by atoms with Crippen LogP contribution in [0.15, 0.2) is 48.5 Å². The maximum absolute atomic E-state index is 13.5. The van der Waals surface area contributed by atoms with Crippen molar-refractivity contribution in [3.05, 3.63) is 71.0 Å². The van der Waals surface area contributed by atoms with E-state index < -0.39 is 0 Å². The van der Waals surface area contributed by atoms with Crippen molar-refractivity contribution in [2.75, 3.05) is 6.54 Å². The summed E-state index contributed by atoms with van der Waals surface area (Å²) in [6.45, 7) is 5.24. The lowest BCUT2D eigenvalue weighted by Gasteiger charge is -2.19. The third kappa shape index (κ3) is 4.68. The van der Waals surface area contributed by atoms with Crippen LogP contribution >= 0.6 is 0 Å². The van der Waals surface area contributed by atoms with E-state index in [0.29, 0.717) is 0 Å². The molecule has 0 aliphatic carbocycles. The highest BCUT2D eigenvalue weighted by Crippen LogP contribution is 2.20. The number of hydrogen-bond acceptors (Lipinski definition) is 1. The van der Waals surface area contributed by atoms with E-state index in [2.05, 4.69) is 43.4 Å². The summed E-state index contributed by atoms with van der Waals surface area (Å²) < 4.78 is 13.5. The molecule has 1 N–H and O–H groups in total. The molecule has 1 atom stereocenters. The first-order valence-electron chi connectivity index (χ1n) is 7.79. The van der Waals surface area contributed by atoms with Gasteiger partial charge in [0.25, 0.3) is 0 Å². The SMILES string of the molecule is CCCNC(Cc1ccc(CC)cc1)c1cccc(F)c1. The highest BCUT2D eigenvalue weighted by atomic mass is 19.1. The van der Waals surface area contributed by atoms with Crippen LogP contribution < -0.4 is 5.32 Å². The molecule has 2 aromatic rings. The second kappa shape index (κ2) is 7.94. The van der Waals surface area contributed by atoms with Gasteiger partial charge >= 0.3 is 0 Å². The van der Waals surface area contributed by atoms with Crippen LogP contribution in [0.4, 0.5) is 4.39 Å². The summed E-state index contributed by atoms with van der Waals surface area (Å²) in [5, 5.41) is 3.52. The maximum atomic E-state index is 13.5. The van der Waals surface area contributed by atoms with Crippen molar-refractivity contribution in [1.82, 2.24) is 5.32 Å². The second-order valence-electron chi connectivity index (χ2n) is 5.44. The van der Waals surface area contributed by atoms with Crippen LogP contribution in [0.1, 0.15) is 43.0 Å². The average molecular weight is 285 g/mol. The Balaban J connectivity index is 2.15. The van der Waals surface area contributed by atoms with Gasteiger partial charge in [0.2, 0.25) is 0 Å². The van der Waals surface area contributed by atoms with Gasteiger partial charge in [-0.05, 0) is 54.6 Å². The molecule has 1 nitrogen and oxygen atoms in total. The van der Waals surface area contributed by atoms with Gasteiger partial charge in [0.1, 0.15) is 5.82 Å². The predicted octanol–water partition coefficient (Wildman–Crippen LogP) is 4.67. The van der Waals surface area contributed by atoms with Gasteiger partial charge in [-0.1, -0.05) is 50.2 Å².